The van der Waals surface area contributed by atoms with E-state index in [1.165, 1.54) is 11.3 Å². The molecule has 0 saturated carbocycles. The summed E-state index contributed by atoms with van der Waals surface area (Å²) in [5, 5.41) is 13.0. The predicted molar refractivity (Wildman–Crippen MR) is 74.0 cm³/mol. The third-order valence-corrected chi connectivity index (χ3v) is 3.35. The van der Waals surface area contributed by atoms with Crippen LogP contribution in [-0.4, -0.2) is 20.3 Å². The Labute approximate surface area is 123 Å². The Balaban J connectivity index is 1.77. The summed E-state index contributed by atoms with van der Waals surface area (Å²) in [5.41, 5.74) is 0.825. The average Bonchev–Trinajstić information content (AvgIpc) is 3.09. The molecule has 0 aliphatic heterocycles. The number of halogens is 1. The Morgan fingerprint density at radius 1 is 1.25 bits per heavy atom. The first-order chi connectivity index (χ1) is 9.74. The lowest BCUT2D eigenvalue weighted by Gasteiger charge is -2.01. The van der Waals surface area contributed by atoms with Crippen molar-refractivity contribution in [3.05, 3.63) is 35.2 Å². The van der Waals surface area contributed by atoms with Gasteiger partial charge in [0.05, 0.1) is 0 Å². The van der Waals surface area contributed by atoms with E-state index in [0.29, 0.717) is 22.7 Å². The predicted octanol–water partition coefficient (Wildman–Crippen LogP) is 3.43. The summed E-state index contributed by atoms with van der Waals surface area (Å²) in [6, 6.07) is 7.30. The van der Waals surface area contributed by atoms with E-state index in [1.807, 2.05) is 31.2 Å². The van der Waals surface area contributed by atoms with Crippen LogP contribution in [0.3, 0.4) is 0 Å². The van der Waals surface area contributed by atoms with Crippen LogP contribution >= 0.6 is 22.9 Å². The zero-order valence-electron chi connectivity index (χ0n) is 10.4. The van der Waals surface area contributed by atoms with Gasteiger partial charge in [-0.05, 0) is 31.2 Å². The fourth-order valence-electron chi connectivity index (χ4n) is 1.52. The molecule has 0 amide bonds. The van der Waals surface area contributed by atoms with Crippen molar-refractivity contribution in [3.63, 3.8) is 0 Å². The normalized spacial score (nSPS) is 10.7. The first-order valence-electron chi connectivity index (χ1n) is 5.71. The van der Waals surface area contributed by atoms with Crippen molar-refractivity contribution in [2.45, 2.75) is 12.8 Å². The van der Waals surface area contributed by atoms with Crippen LogP contribution in [0.25, 0.3) is 11.4 Å². The number of rotatable bonds is 4. The minimum absolute atomic E-state index is 0.199. The molecule has 0 aliphatic rings. The minimum atomic E-state index is 0.199. The van der Waals surface area contributed by atoms with Crippen molar-refractivity contribution < 1.29 is 9.26 Å². The summed E-state index contributed by atoms with van der Waals surface area (Å²) >= 11 is 7.01. The second-order valence-electron chi connectivity index (χ2n) is 3.86. The van der Waals surface area contributed by atoms with Gasteiger partial charge in [-0.2, -0.15) is 4.98 Å². The second kappa shape index (κ2) is 5.56. The molecule has 0 N–H and O–H groups in total. The molecule has 102 valence electrons. The number of ether oxygens (including phenoxy) is 1. The number of nitrogens with zero attached hydrogens (tertiary/aromatic N) is 4. The molecule has 0 fully saturated rings. The third-order valence-electron chi connectivity index (χ3n) is 2.41. The Bertz CT molecular complexity index is 710. The molecular weight excluding hydrogens is 300 g/mol. The van der Waals surface area contributed by atoms with Crippen molar-refractivity contribution >= 4 is 22.9 Å². The van der Waals surface area contributed by atoms with Crippen molar-refractivity contribution in [2.24, 2.45) is 0 Å². The summed E-state index contributed by atoms with van der Waals surface area (Å²) in [6.45, 7) is 1.87. The van der Waals surface area contributed by atoms with Crippen LogP contribution < -0.4 is 4.74 Å². The lowest BCUT2D eigenvalue weighted by atomic mass is 10.2. The van der Waals surface area contributed by atoms with E-state index in [9.17, 15) is 0 Å². The van der Waals surface area contributed by atoms with Gasteiger partial charge in [-0.1, -0.05) is 21.6 Å². The van der Waals surface area contributed by atoms with E-state index in [4.69, 9.17) is 20.9 Å². The maximum absolute atomic E-state index is 5.62. The van der Waals surface area contributed by atoms with E-state index in [0.717, 1.165) is 10.6 Å². The summed E-state index contributed by atoms with van der Waals surface area (Å²) in [6.07, 6.45) is 0. The summed E-state index contributed by atoms with van der Waals surface area (Å²) < 4.78 is 10.5. The molecule has 2 aromatic heterocycles. The van der Waals surface area contributed by atoms with Gasteiger partial charge in [0, 0.05) is 5.56 Å². The quantitative estimate of drug-likeness (QED) is 0.687. The van der Waals surface area contributed by atoms with Crippen LogP contribution in [0.4, 0.5) is 0 Å². The van der Waals surface area contributed by atoms with Crippen LogP contribution in [-0.2, 0) is 5.88 Å². The van der Waals surface area contributed by atoms with Gasteiger partial charge < -0.3 is 9.26 Å². The lowest BCUT2D eigenvalue weighted by molar-refractivity contribution is 0.391. The van der Waals surface area contributed by atoms with Crippen molar-refractivity contribution in [3.8, 4) is 22.3 Å². The second-order valence-corrected chi connectivity index (χ2v) is 5.27. The van der Waals surface area contributed by atoms with E-state index >= 15 is 0 Å². The molecule has 8 heteroatoms. The summed E-state index contributed by atoms with van der Waals surface area (Å²) in [5.74, 6) is 1.76. The zero-order chi connectivity index (χ0) is 13.9. The SMILES string of the molecule is Cc1nnc(Oc2ccc(-c3noc(CCl)n3)cc2)s1. The highest BCUT2D eigenvalue weighted by atomic mass is 35.5. The molecule has 0 aliphatic carbocycles. The van der Waals surface area contributed by atoms with Crippen LogP contribution in [0.5, 0.6) is 10.9 Å². The molecular formula is C12H9ClN4O2S. The minimum Gasteiger partial charge on any atom is -0.430 e. The number of benzene rings is 1. The zero-order valence-corrected chi connectivity index (χ0v) is 12.0. The van der Waals surface area contributed by atoms with Gasteiger partial charge in [0.2, 0.25) is 11.7 Å². The van der Waals surface area contributed by atoms with E-state index in [2.05, 4.69) is 20.3 Å². The van der Waals surface area contributed by atoms with Gasteiger partial charge in [0.25, 0.3) is 5.19 Å². The lowest BCUT2D eigenvalue weighted by Crippen LogP contribution is -1.85. The Hall–Kier alpha value is -1.99. The molecule has 3 aromatic rings. The maximum atomic E-state index is 5.62. The maximum Gasteiger partial charge on any atom is 0.299 e. The van der Waals surface area contributed by atoms with Crippen molar-refractivity contribution in [1.29, 1.82) is 0 Å². The largest absolute Gasteiger partial charge is 0.430 e. The highest BCUT2D eigenvalue weighted by Crippen LogP contribution is 2.26. The first kappa shape index (κ1) is 13.0. The van der Waals surface area contributed by atoms with E-state index in [1.54, 1.807) is 0 Å². The molecule has 0 atom stereocenters. The summed E-state index contributed by atoms with van der Waals surface area (Å²) in [7, 11) is 0. The number of hydrogen-bond acceptors (Lipinski definition) is 7. The average molecular weight is 309 g/mol. The van der Waals surface area contributed by atoms with Crippen LogP contribution in [0.2, 0.25) is 0 Å². The molecule has 0 bridgehead atoms. The first-order valence-corrected chi connectivity index (χ1v) is 7.06. The van der Waals surface area contributed by atoms with Gasteiger partial charge in [-0.15, -0.1) is 16.7 Å². The third kappa shape index (κ3) is 2.78. The molecule has 0 saturated heterocycles. The Morgan fingerprint density at radius 3 is 2.65 bits per heavy atom. The molecule has 3 rings (SSSR count). The van der Waals surface area contributed by atoms with Gasteiger partial charge >= 0.3 is 0 Å². The van der Waals surface area contributed by atoms with Crippen molar-refractivity contribution in [1.82, 2.24) is 20.3 Å². The molecule has 0 unspecified atom stereocenters. The number of aromatic nitrogens is 4. The van der Waals surface area contributed by atoms with Crippen LogP contribution in [0, 0.1) is 6.92 Å². The monoisotopic (exact) mass is 308 g/mol. The number of alkyl halides is 1. The molecule has 0 spiro atoms. The van der Waals surface area contributed by atoms with Crippen LogP contribution in [0.15, 0.2) is 28.8 Å². The standard InChI is InChI=1S/C12H9ClN4O2S/c1-7-15-16-12(20-7)18-9-4-2-8(3-5-9)11-14-10(6-13)19-17-11/h2-5H,6H2,1H3. The number of hydrogen-bond donors (Lipinski definition) is 0. The molecule has 20 heavy (non-hydrogen) atoms. The van der Waals surface area contributed by atoms with Gasteiger partial charge in [0.1, 0.15) is 16.6 Å². The Kier molecular flexibility index (Phi) is 3.62. The number of aryl methyl sites for hydroxylation is 1. The van der Waals surface area contributed by atoms with E-state index < -0.39 is 0 Å². The molecule has 2 heterocycles. The highest BCUT2D eigenvalue weighted by molar-refractivity contribution is 7.13. The topological polar surface area (TPSA) is 73.9 Å². The molecule has 0 radical (unpaired) electrons. The fraction of sp³-hybridized carbons (Fsp3) is 0.167. The summed E-state index contributed by atoms with van der Waals surface area (Å²) in [4.78, 5) is 4.15. The van der Waals surface area contributed by atoms with Gasteiger partial charge in [-0.3, -0.25) is 0 Å². The highest BCUT2D eigenvalue weighted by Gasteiger charge is 2.08. The van der Waals surface area contributed by atoms with E-state index in [-0.39, 0.29) is 5.88 Å². The molecule has 6 nitrogen and oxygen atoms in total. The van der Waals surface area contributed by atoms with Crippen LogP contribution in [0.1, 0.15) is 10.9 Å². The van der Waals surface area contributed by atoms with Crippen molar-refractivity contribution in [2.75, 3.05) is 0 Å². The fourth-order valence-corrected chi connectivity index (χ4v) is 2.18. The van der Waals surface area contributed by atoms with Gasteiger partial charge in [-0.25, -0.2) is 0 Å². The van der Waals surface area contributed by atoms with Gasteiger partial charge in [0.15, 0.2) is 0 Å². The Morgan fingerprint density at radius 2 is 2.05 bits per heavy atom. The molecule has 1 aromatic carbocycles. The smallest absolute Gasteiger partial charge is 0.299 e.